The maximum Gasteiger partial charge on any atom is 0.340 e. The number of hydrogen-bond acceptors (Lipinski definition) is 6. The number of ether oxygens (including phenoxy) is 1. The summed E-state index contributed by atoms with van der Waals surface area (Å²) < 4.78 is 35.5. The van der Waals surface area contributed by atoms with Crippen molar-refractivity contribution >= 4 is 33.6 Å². The average Bonchev–Trinajstić information content (AvgIpc) is 2.93. The molecule has 1 fully saturated rings. The smallest absolute Gasteiger partial charge is 0.340 e. The summed E-state index contributed by atoms with van der Waals surface area (Å²) in [5, 5.41) is 3.19. The van der Waals surface area contributed by atoms with E-state index in [-0.39, 0.29) is 12.1 Å². The van der Waals surface area contributed by atoms with E-state index in [2.05, 4.69) is 17.4 Å². The van der Waals surface area contributed by atoms with Crippen molar-refractivity contribution in [1.29, 1.82) is 0 Å². The van der Waals surface area contributed by atoms with Crippen LogP contribution in [0.2, 0.25) is 0 Å². The Labute approximate surface area is 217 Å². The second kappa shape index (κ2) is 12.4. The Hall–Kier alpha value is -2.85. The summed E-state index contributed by atoms with van der Waals surface area (Å²) in [6.45, 7) is 2.01. The van der Waals surface area contributed by atoms with Gasteiger partial charge in [0.1, 0.15) is 0 Å². The largest absolute Gasteiger partial charge is 0.465 e. The molecule has 1 aliphatic rings. The number of thioether (sulfide) groups is 1. The van der Waals surface area contributed by atoms with Crippen molar-refractivity contribution in [3.63, 3.8) is 0 Å². The second-order valence-corrected chi connectivity index (χ2v) is 11.4. The molecule has 3 aromatic rings. The van der Waals surface area contributed by atoms with E-state index >= 15 is 0 Å². The van der Waals surface area contributed by atoms with Crippen LogP contribution in [0.4, 0.5) is 5.69 Å². The van der Waals surface area contributed by atoms with Crippen LogP contribution in [0, 0.1) is 0 Å². The summed E-state index contributed by atoms with van der Waals surface area (Å²) in [5.74, 6) is 0.264. The molecule has 0 spiro atoms. The summed E-state index contributed by atoms with van der Waals surface area (Å²) in [5.41, 5.74) is 2.62. The second-order valence-electron chi connectivity index (χ2n) is 8.40. The first-order valence-electron chi connectivity index (χ1n) is 11.9. The van der Waals surface area contributed by atoms with Gasteiger partial charge in [0.15, 0.2) is 0 Å². The SMILES string of the molecule is COC(=O)c1cc(SCCc2ccccc2)ccc1N(Cc1ccccc1)S(=O)(=O)N1CCNCC1. The molecule has 4 rings (SSSR count). The lowest BCUT2D eigenvalue weighted by molar-refractivity contribution is 0.0601. The monoisotopic (exact) mass is 525 g/mol. The molecule has 7 nitrogen and oxygen atoms in total. The molecule has 0 atom stereocenters. The Morgan fingerprint density at radius 2 is 1.61 bits per heavy atom. The molecule has 0 saturated carbocycles. The van der Waals surface area contributed by atoms with Crippen LogP contribution in [-0.4, -0.2) is 57.7 Å². The fourth-order valence-corrected chi connectivity index (χ4v) is 6.66. The van der Waals surface area contributed by atoms with Crippen molar-refractivity contribution in [2.45, 2.75) is 17.9 Å². The van der Waals surface area contributed by atoms with Gasteiger partial charge >= 0.3 is 16.2 Å². The number of carbonyl (C=O) groups is 1. The lowest BCUT2D eigenvalue weighted by atomic mass is 10.1. The van der Waals surface area contributed by atoms with Crippen LogP contribution in [0.15, 0.2) is 83.8 Å². The molecule has 1 saturated heterocycles. The van der Waals surface area contributed by atoms with Gasteiger partial charge in [-0.1, -0.05) is 60.7 Å². The van der Waals surface area contributed by atoms with E-state index in [4.69, 9.17) is 4.74 Å². The Kier molecular flexibility index (Phi) is 9.03. The van der Waals surface area contributed by atoms with Gasteiger partial charge in [0, 0.05) is 36.8 Å². The maximum atomic E-state index is 13.8. The maximum absolute atomic E-state index is 13.8. The first kappa shape index (κ1) is 26.2. The predicted molar refractivity (Wildman–Crippen MR) is 145 cm³/mol. The molecule has 0 aromatic heterocycles. The summed E-state index contributed by atoms with van der Waals surface area (Å²) in [7, 11) is -2.58. The quantitative estimate of drug-likeness (QED) is 0.319. The molecule has 3 aromatic carbocycles. The third-order valence-electron chi connectivity index (χ3n) is 5.99. The van der Waals surface area contributed by atoms with E-state index < -0.39 is 16.2 Å². The molecule has 0 aliphatic carbocycles. The summed E-state index contributed by atoms with van der Waals surface area (Å²) in [6.07, 6.45) is 0.887. The Balaban J connectivity index is 1.66. The first-order valence-corrected chi connectivity index (χ1v) is 14.3. The Morgan fingerprint density at radius 1 is 0.972 bits per heavy atom. The van der Waals surface area contributed by atoms with Crippen LogP contribution in [0.3, 0.4) is 0 Å². The highest BCUT2D eigenvalue weighted by Gasteiger charge is 2.33. The minimum absolute atomic E-state index is 0.109. The zero-order valence-electron chi connectivity index (χ0n) is 20.3. The number of rotatable bonds is 10. The lowest BCUT2D eigenvalue weighted by Gasteiger charge is -2.34. The molecule has 190 valence electrons. The van der Waals surface area contributed by atoms with E-state index in [0.717, 1.165) is 22.6 Å². The molecule has 0 radical (unpaired) electrons. The van der Waals surface area contributed by atoms with Crippen molar-refractivity contribution in [3.05, 3.63) is 95.6 Å². The molecular weight excluding hydrogens is 494 g/mol. The normalized spacial score (nSPS) is 14.4. The third-order valence-corrected chi connectivity index (χ3v) is 8.89. The number of benzene rings is 3. The van der Waals surface area contributed by atoms with Crippen LogP contribution >= 0.6 is 11.8 Å². The molecule has 0 bridgehead atoms. The minimum atomic E-state index is -3.89. The molecule has 0 amide bonds. The number of nitrogens with one attached hydrogen (secondary N) is 1. The number of anilines is 1. The van der Waals surface area contributed by atoms with E-state index in [1.165, 1.54) is 21.3 Å². The number of hydrogen-bond donors (Lipinski definition) is 1. The highest BCUT2D eigenvalue weighted by Crippen LogP contribution is 2.32. The molecule has 9 heteroatoms. The Bertz CT molecular complexity index is 1250. The lowest BCUT2D eigenvalue weighted by Crippen LogP contribution is -2.52. The first-order chi connectivity index (χ1) is 17.5. The number of aryl methyl sites for hydroxylation is 1. The van der Waals surface area contributed by atoms with Gasteiger partial charge in [-0.05, 0) is 35.7 Å². The number of methoxy groups -OCH3 is 1. The van der Waals surface area contributed by atoms with Crippen molar-refractivity contribution in [1.82, 2.24) is 9.62 Å². The van der Waals surface area contributed by atoms with Gasteiger partial charge in [-0.15, -0.1) is 11.8 Å². The number of esters is 1. The van der Waals surface area contributed by atoms with Gasteiger partial charge in [0.2, 0.25) is 0 Å². The predicted octanol–water partition coefficient (Wildman–Crippen LogP) is 3.96. The fourth-order valence-electron chi connectivity index (χ4n) is 4.08. The highest BCUT2D eigenvalue weighted by molar-refractivity contribution is 7.99. The molecule has 1 aliphatic heterocycles. The van der Waals surface area contributed by atoms with Gasteiger partial charge < -0.3 is 10.1 Å². The summed E-state index contributed by atoms with van der Waals surface area (Å²) >= 11 is 1.62. The summed E-state index contributed by atoms with van der Waals surface area (Å²) in [4.78, 5) is 13.7. The van der Waals surface area contributed by atoms with Crippen LogP contribution in [0.25, 0.3) is 0 Å². The molecular formula is C27H31N3O4S2. The number of carbonyl (C=O) groups excluding carboxylic acids is 1. The van der Waals surface area contributed by atoms with Crippen LogP contribution < -0.4 is 9.62 Å². The van der Waals surface area contributed by atoms with E-state index in [1.54, 1.807) is 23.9 Å². The zero-order valence-corrected chi connectivity index (χ0v) is 21.9. The van der Waals surface area contributed by atoms with Crippen molar-refractivity contribution in [3.8, 4) is 0 Å². The van der Waals surface area contributed by atoms with E-state index in [9.17, 15) is 13.2 Å². The molecule has 0 unspecified atom stereocenters. The topological polar surface area (TPSA) is 79.0 Å². The van der Waals surface area contributed by atoms with Crippen molar-refractivity contribution in [2.75, 3.05) is 43.3 Å². The molecule has 1 N–H and O–H groups in total. The fraction of sp³-hybridized carbons (Fsp3) is 0.296. The number of nitrogens with zero attached hydrogens (tertiary/aromatic N) is 2. The average molecular weight is 526 g/mol. The van der Waals surface area contributed by atoms with Crippen LogP contribution in [0.1, 0.15) is 21.5 Å². The van der Waals surface area contributed by atoms with Crippen LogP contribution in [0.5, 0.6) is 0 Å². The number of piperazine rings is 1. The third kappa shape index (κ3) is 6.47. The van der Waals surface area contributed by atoms with E-state index in [1.807, 2.05) is 54.6 Å². The van der Waals surface area contributed by atoms with Gasteiger partial charge in [0.05, 0.1) is 24.9 Å². The minimum Gasteiger partial charge on any atom is -0.465 e. The highest BCUT2D eigenvalue weighted by atomic mass is 32.2. The molecule has 1 heterocycles. The zero-order chi connectivity index (χ0) is 25.4. The van der Waals surface area contributed by atoms with Gasteiger partial charge in [0.25, 0.3) is 0 Å². The standard InChI is InChI=1S/C27H31N3O4S2/c1-34-27(31)25-20-24(35-19-14-22-8-4-2-5-9-22)12-13-26(25)30(21-23-10-6-3-7-11-23)36(32,33)29-17-15-28-16-18-29/h2-13,20,28H,14-19,21H2,1H3. The Morgan fingerprint density at radius 3 is 2.25 bits per heavy atom. The van der Waals surface area contributed by atoms with Gasteiger partial charge in [-0.25, -0.2) is 4.79 Å². The van der Waals surface area contributed by atoms with E-state index in [0.29, 0.717) is 31.9 Å². The molecule has 36 heavy (non-hydrogen) atoms. The summed E-state index contributed by atoms with van der Waals surface area (Å²) in [6, 6.07) is 24.9. The van der Waals surface area contributed by atoms with Gasteiger partial charge in [-0.3, -0.25) is 4.31 Å². The van der Waals surface area contributed by atoms with Crippen molar-refractivity contribution < 1.29 is 17.9 Å². The van der Waals surface area contributed by atoms with Crippen LogP contribution in [-0.2, 0) is 27.9 Å². The van der Waals surface area contributed by atoms with Crippen molar-refractivity contribution in [2.24, 2.45) is 0 Å². The van der Waals surface area contributed by atoms with Gasteiger partial charge in [-0.2, -0.15) is 12.7 Å².